The summed E-state index contributed by atoms with van der Waals surface area (Å²) < 4.78 is 5.96. The van der Waals surface area contributed by atoms with Crippen LogP contribution in [0.25, 0.3) is 0 Å². The highest BCUT2D eigenvalue weighted by atomic mass is 16.5. The van der Waals surface area contributed by atoms with Crippen LogP contribution < -0.4 is 4.74 Å². The molecule has 1 atom stereocenters. The Kier molecular flexibility index (Phi) is 5.52. The summed E-state index contributed by atoms with van der Waals surface area (Å²) in [4.78, 5) is 18.8. The minimum Gasteiger partial charge on any atom is -0.493 e. The molecule has 1 fully saturated rings. The molecule has 1 amide bonds. The van der Waals surface area contributed by atoms with Crippen molar-refractivity contribution in [3.63, 3.8) is 0 Å². The summed E-state index contributed by atoms with van der Waals surface area (Å²) in [7, 11) is 0. The van der Waals surface area contributed by atoms with Gasteiger partial charge in [0.25, 0.3) is 5.91 Å². The zero-order chi connectivity index (χ0) is 18.5. The molecule has 2 aliphatic carbocycles. The third kappa shape index (κ3) is 4.76. The lowest BCUT2D eigenvalue weighted by molar-refractivity contribution is 0.0730. The average Bonchev–Trinajstić information content (AvgIpc) is 3.57. The van der Waals surface area contributed by atoms with Crippen molar-refractivity contribution in [1.29, 1.82) is 0 Å². The zero-order valence-electron chi connectivity index (χ0n) is 15.6. The fourth-order valence-electron chi connectivity index (χ4n) is 3.52. The lowest BCUT2D eigenvalue weighted by Gasteiger charge is -2.23. The van der Waals surface area contributed by atoms with Gasteiger partial charge in [-0.1, -0.05) is 24.3 Å². The molecule has 0 N–H and O–H groups in total. The Morgan fingerprint density at radius 2 is 1.81 bits per heavy atom. The number of pyridine rings is 1. The van der Waals surface area contributed by atoms with Crippen LogP contribution in [0.1, 0.15) is 48.0 Å². The molecule has 0 aliphatic heterocycles. The molecule has 140 valence electrons. The van der Waals surface area contributed by atoms with Crippen molar-refractivity contribution in [3.8, 4) is 5.75 Å². The van der Waals surface area contributed by atoms with E-state index in [1.165, 1.54) is 6.42 Å². The average molecular weight is 362 g/mol. The van der Waals surface area contributed by atoms with Gasteiger partial charge < -0.3 is 9.64 Å². The Hall–Kier alpha value is -2.62. The van der Waals surface area contributed by atoms with E-state index in [9.17, 15) is 4.79 Å². The van der Waals surface area contributed by atoms with Crippen LogP contribution in [0.5, 0.6) is 5.75 Å². The molecule has 0 radical (unpaired) electrons. The first kappa shape index (κ1) is 17.8. The molecular weight excluding hydrogens is 336 g/mol. The van der Waals surface area contributed by atoms with Gasteiger partial charge in [-0.05, 0) is 67.9 Å². The van der Waals surface area contributed by atoms with Gasteiger partial charge >= 0.3 is 0 Å². The summed E-state index contributed by atoms with van der Waals surface area (Å²) in [6.45, 7) is 1.41. The SMILES string of the molecule is O=C(c1ccncc1)N(Cc1ccc(OC[C@H]2CC=CCC2)cc1)C1CC1. The van der Waals surface area contributed by atoms with Gasteiger partial charge in [0, 0.05) is 30.5 Å². The molecule has 4 rings (SSSR count). The van der Waals surface area contributed by atoms with Crippen molar-refractivity contribution in [2.75, 3.05) is 6.61 Å². The summed E-state index contributed by atoms with van der Waals surface area (Å²) >= 11 is 0. The molecule has 27 heavy (non-hydrogen) atoms. The maximum atomic E-state index is 12.8. The van der Waals surface area contributed by atoms with Crippen LogP contribution in [0.15, 0.2) is 60.9 Å². The number of aromatic nitrogens is 1. The van der Waals surface area contributed by atoms with Crippen molar-refractivity contribution in [2.45, 2.75) is 44.7 Å². The number of carbonyl (C=O) groups excluding carboxylic acids is 1. The van der Waals surface area contributed by atoms with Crippen LogP contribution in [0.4, 0.5) is 0 Å². The molecule has 0 saturated heterocycles. The second-order valence-corrected chi connectivity index (χ2v) is 7.51. The quantitative estimate of drug-likeness (QED) is 0.675. The van der Waals surface area contributed by atoms with Gasteiger partial charge in [0.15, 0.2) is 0 Å². The maximum Gasteiger partial charge on any atom is 0.254 e. The first-order valence-electron chi connectivity index (χ1n) is 9.87. The van der Waals surface area contributed by atoms with Crippen LogP contribution in [0, 0.1) is 5.92 Å². The van der Waals surface area contributed by atoms with E-state index in [0.29, 0.717) is 24.1 Å². The van der Waals surface area contributed by atoms with E-state index in [1.807, 2.05) is 17.0 Å². The summed E-state index contributed by atoms with van der Waals surface area (Å²) in [5, 5.41) is 0. The van der Waals surface area contributed by atoms with Crippen molar-refractivity contribution in [3.05, 3.63) is 72.1 Å². The largest absolute Gasteiger partial charge is 0.493 e. The van der Waals surface area contributed by atoms with Crippen LogP contribution >= 0.6 is 0 Å². The number of allylic oxidation sites excluding steroid dienone is 2. The van der Waals surface area contributed by atoms with Gasteiger partial charge in [0.05, 0.1) is 6.61 Å². The van der Waals surface area contributed by atoms with E-state index in [2.05, 4.69) is 29.3 Å². The van der Waals surface area contributed by atoms with Gasteiger partial charge in [0.1, 0.15) is 5.75 Å². The monoisotopic (exact) mass is 362 g/mol. The smallest absolute Gasteiger partial charge is 0.254 e. The Morgan fingerprint density at radius 3 is 2.48 bits per heavy atom. The summed E-state index contributed by atoms with van der Waals surface area (Å²) in [6, 6.07) is 12.1. The Morgan fingerprint density at radius 1 is 1.04 bits per heavy atom. The number of rotatable bonds is 7. The normalized spacial score (nSPS) is 18.9. The molecule has 0 bridgehead atoms. The van der Waals surface area contributed by atoms with Crippen LogP contribution in [0.2, 0.25) is 0 Å². The number of ether oxygens (including phenoxy) is 1. The topological polar surface area (TPSA) is 42.4 Å². The van der Waals surface area contributed by atoms with E-state index in [-0.39, 0.29) is 5.91 Å². The van der Waals surface area contributed by atoms with Crippen LogP contribution in [0.3, 0.4) is 0 Å². The summed E-state index contributed by atoms with van der Waals surface area (Å²) in [6.07, 6.45) is 13.5. The second kappa shape index (κ2) is 8.38. The molecule has 1 aromatic heterocycles. The summed E-state index contributed by atoms with van der Waals surface area (Å²) in [5.74, 6) is 1.62. The van der Waals surface area contributed by atoms with Crippen LogP contribution in [-0.4, -0.2) is 28.4 Å². The molecule has 0 spiro atoms. The van der Waals surface area contributed by atoms with Gasteiger partial charge in [-0.25, -0.2) is 0 Å². The third-order valence-electron chi connectivity index (χ3n) is 5.32. The van der Waals surface area contributed by atoms with E-state index >= 15 is 0 Å². The standard InChI is InChI=1S/C23H26N2O2/c26-23(20-12-14-24-15-13-20)25(21-8-9-21)16-18-6-10-22(11-7-18)27-17-19-4-2-1-3-5-19/h1-2,6-7,10-15,19,21H,3-5,8-9,16-17H2/t19-/m0/s1. The molecular formula is C23H26N2O2. The predicted molar refractivity (Wildman–Crippen MR) is 106 cm³/mol. The van der Waals surface area contributed by atoms with E-state index in [1.54, 1.807) is 24.5 Å². The van der Waals surface area contributed by atoms with Gasteiger partial charge in [-0.15, -0.1) is 0 Å². The number of carbonyl (C=O) groups is 1. The number of benzene rings is 1. The van der Waals surface area contributed by atoms with Crippen LogP contribution in [-0.2, 0) is 6.54 Å². The van der Waals surface area contributed by atoms with Gasteiger partial charge in [-0.3, -0.25) is 9.78 Å². The van der Waals surface area contributed by atoms with Crippen molar-refractivity contribution in [2.24, 2.45) is 5.92 Å². The number of hydrogen-bond acceptors (Lipinski definition) is 3. The number of nitrogens with zero attached hydrogens (tertiary/aromatic N) is 2. The number of amides is 1. The third-order valence-corrected chi connectivity index (χ3v) is 5.32. The lowest BCUT2D eigenvalue weighted by Crippen LogP contribution is -2.32. The number of hydrogen-bond donors (Lipinski definition) is 0. The Labute approximate surface area is 160 Å². The van der Waals surface area contributed by atoms with E-state index < -0.39 is 0 Å². The molecule has 4 nitrogen and oxygen atoms in total. The van der Waals surface area contributed by atoms with E-state index in [4.69, 9.17) is 4.74 Å². The Balaban J connectivity index is 1.36. The Bertz CT molecular complexity index is 782. The van der Waals surface area contributed by atoms with Crippen molar-refractivity contribution < 1.29 is 9.53 Å². The minimum atomic E-state index is 0.0885. The fraction of sp³-hybridized carbons (Fsp3) is 0.391. The first-order chi connectivity index (χ1) is 13.3. The molecule has 1 heterocycles. The molecule has 1 saturated carbocycles. The zero-order valence-corrected chi connectivity index (χ0v) is 15.6. The minimum absolute atomic E-state index is 0.0885. The second-order valence-electron chi connectivity index (χ2n) is 7.51. The van der Waals surface area contributed by atoms with E-state index in [0.717, 1.165) is 43.6 Å². The van der Waals surface area contributed by atoms with Gasteiger partial charge in [-0.2, -0.15) is 0 Å². The molecule has 4 heteroatoms. The lowest BCUT2D eigenvalue weighted by atomic mass is 9.95. The van der Waals surface area contributed by atoms with Crippen molar-refractivity contribution in [1.82, 2.24) is 9.88 Å². The summed E-state index contributed by atoms with van der Waals surface area (Å²) in [5.41, 5.74) is 1.84. The molecule has 0 unspecified atom stereocenters. The predicted octanol–water partition coefficient (Wildman–Crippen LogP) is 4.62. The highest BCUT2D eigenvalue weighted by Crippen LogP contribution is 2.30. The molecule has 1 aromatic carbocycles. The first-order valence-corrected chi connectivity index (χ1v) is 9.87. The highest BCUT2D eigenvalue weighted by Gasteiger charge is 2.33. The molecule has 2 aromatic rings. The van der Waals surface area contributed by atoms with Gasteiger partial charge in [0.2, 0.25) is 0 Å². The maximum absolute atomic E-state index is 12.8. The molecule has 2 aliphatic rings. The van der Waals surface area contributed by atoms with Crippen molar-refractivity contribution >= 4 is 5.91 Å². The fourth-order valence-corrected chi connectivity index (χ4v) is 3.52. The highest BCUT2D eigenvalue weighted by molar-refractivity contribution is 5.94.